The fraction of sp³-hybridized carbons (Fsp3) is 0.400. The molecule has 4 heteroatoms. The van der Waals surface area contributed by atoms with Crippen molar-refractivity contribution in [3.8, 4) is 11.5 Å². The van der Waals surface area contributed by atoms with Gasteiger partial charge in [0.05, 0.1) is 13.2 Å². The second-order valence-corrected chi connectivity index (χ2v) is 6.36. The Morgan fingerprint density at radius 3 is 1.83 bits per heavy atom. The molecule has 2 rings (SSSR count). The molecule has 0 aliphatic rings. The molecule has 4 nitrogen and oxygen atoms in total. The average molecular weight is 330 g/mol. The molecule has 2 aromatic rings. The maximum absolute atomic E-state index is 9.06. The van der Waals surface area contributed by atoms with E-state index in [1.807, 2.05) is 43.3 Å². The number of ether oxygens (including phenoxy) is 2. The number of hydrogen-bond acceptors (Lipinski definition) is 4. The van der Waals surface area contributed by atoms with Crippen molar-refractivity contribution < 1.29 is 19.7 Å². The van der Waals surface area contributed by atoms with Gasteiger partial charge in [-0.3, -0.25) is 0 Å². The second kappa shape index (κ2) is 8.18. The van der Waals surface area contributed by atoms with Gasteiger partial charge in [0.25, 0.3) is 0 Å². The molecule has 1 atom stereocenters. The molecular formula is C20H26O4. The monoisotopic (exact) mass is 330 g/mol. The van der Waals surface area contributed by atoms with E-state index in [9.17, 15) is 0 Å². The lowest BCUT2D eigenvalue weighted by Gasteiger charge is -2.26. The van der Waals surface area contributed by atoms with Crippen LogP contribution in [-0.2, 0) is 5.41 Å². The Morgan fingerprint density at radius 2 is 1.38 bits per heavy atom. The van der Waals surface area contributed by atoms with E-state index >= 15 is 0 Å². The number of benzene rings is 2. The minimum atomic E-state index is -0.213. The lowest BCUT2D eigenvalue weighted by atomic mass is 9.78. The Balaban J connectivity index is 2.14. The van der Waals surface area contributed by atoms with Gasteiger partial charge in [-0.05, 0) is 42.3 Å². The van der Waals surface area contributed by atoms with Crippen LogP contribution in [0.15, 0.2) is 48.5 Å². The van der Waals surface area contributed by atoms with Crippen LogP contribution in [-0.4, -0.2) is 36.1 Å². The van der Waals surface area contributed by atoms with Crippen molar-refractivity contribution in [2.24, 2.45) is 0 Å². The molecule has 0 radical (unpaired) electrons. The number of hydrogen-bond donors (Lipinski definition) is 2. The smallest absolute Gasteiger partial charge is 0.119 e. The first-order valence-corrected chi connectivity index (χ1v) is 8.19. The highest BCUT2D eigenvalue weighted by Crippen LogP contribution is 2.33. The van der Waals surface area contributed by atoms with Crippen LogP contribution in [0.5, 0.6) is 11.5 Å². The summed E-state index contributed by atoms with van der Waals surface area (Å²) in [7, 11) is 0. The summed E-state index contributed by atoms with van der Waals surface area (Å²) in [4.78, 5) is 0. The molecule has 0 aliphatic heterocycles. The molecule has 0 aliphatic carbocycles. The zero-order valence-corrected chi connectivity index (χ0v) is 14.5. The first-order chi connectivity index (χ1) is 11.5. The summed E-state index contributed by atoms with van der Waals surface area (Å²) in [6.45, 7) is 6.48. The van der Waals surface area contributed by atoms with Gasteiger partial charge in [-0.1, -0.05) is 38.1 Å². The summed E-state index contributed by atoms with van der Waals surface area (Å²) in [6, 6.07) is 15.9. The van der Waals surface area contributed by atoms with Crippen LogP contribution in [0.4, 0.5) is 0 Å². The molecule has 1 unspecified atom stereocenters. The highest BCUT2D eigenvalue weighted by molar-refractivity contribution is 5.41. The first-order valence-electron chi connectivity index (χ1n) is 8.19. The van der Waals surface area contributed by atoms with Crippen molar-refractivity contribution in [2.75, 3.05) is 19.8 Å². The van der Waals surface area contributed by atoms with Crippen molar-refractivity contribution in [3.63, 3.8) is 0 Å². The summed E-state index contributed by atoms with van der Waals surface area (Å²) >= 11 is 0. The van der Waals surface area contributed by atoms with Crippen molar-refractivity contribution in [1.82, 2.24) is 0 Å². The van der Waals surface area contributed by atoms with Crippen LogP contribution < -0.4 is 9.47 Å². The highest BCUT2D eigenvalue weighted by atomic mass is 16.5. The van der Waals surface area contributed by atoms with E-state index in [0.29, 0.717) is 6.61 Å². The normalized spacial score (nSPS) is 12.7. The zero-order valence-electron chi connectivity index (χ0n) is 14.5. The lowest BCUT2D eigenvalue weighted by molar-refractivity contribution is 0.129. The van der Waals surface area contributed by atoms with E-state index in [2.05, 4.69) is 26.0 Å². The molecule has 0 amide bonds. The molecule has 0 heterocycles. The van der Waals surface area contributed by atoms with E-state index in [4.69, 9.17) is 19.7 Å². The molecule has 0 bridgehead atoms. The van der Waals surface area contributed by atoms with Crippen molar-refractivity contribution >= 4 is 0 Å². The first kappa shape index (κ1) is 18.3. The largest absolute Gasteiger partial charge is 0.491 e. The number of aliphatic hydroxyl groups excluding tert-OH is 2. The summed E-state index contributed by atoms with van der Waals surface area (Å²) in [6.07, 6.45) is -0.213. The van der Waals surface area contributed by atoms with Gasteiger partial charge in [0.2, 0.25) is 0 Å². The summed E-state index contributed by atoms with van der Waals surface area (Å²) in [5.74, 6) is 1.51. The fourth-order valence-corrected chi connectivity index (χ4v) is 2.52. The topological polar surface area (TPSA) is 58.9 Å². The van der Waals surface area contributed by atoms with E-state index in [1.165, 1.54) is 11.1 Å². The van der Waals surface area contributed by atoms with Gasteiger partial charge in [0.1, 0.15) is 24.2 Å². The van der Waals surface area contributed by atoms with Crippen molar-refractivity contribution in [1.29, 1.82) is 0 Å². The van der Waals surface area contributed by atoms with E-state index < -0.39 is 0 Å². The van der Waals surface area contributed by atoms with Crippen LogP contribution in [0.3, 0.4) is 0 Å². The Morgan fingerprint density at radius 1 is 0.875 bits per heavy atom. The molecule has 130 valence electrons. The van der Waals surface area contributed by atoms with Crippen LogP contribution in [0, 0.1) is 0 Å². The lowest BCUT2D eigenvalue weighted by Crippen LogP contribution is -2.19. The van der Waals surface area contributed by atoms with E-state index in [1.54, 1.807) is 0 Å². The van der Waals surface area contributed by atoms with Crippen LogP contribution in [0.25, 0.3) is 0 Å². The standard InChI is InChI=1S/C20H26O4/c1-15(14-22)24-19-10-6-17(7-11-19)20(2,3)16-4-8-18(9-5-16)23-13-12-21/h4-11,15,21-22H,12-14H2,1-3H3. The third-order valence-electron chi connectivity index (χ3n) is 4.11. The fourth-order valence-electron chi connectivity index (χ4n) is 2.52. The Labute approximate surface area is 143 Å². The molecule has 0 fully saturated rings. The van der Waals surface area contributed by atoms with Gasteiger partial charge in [-0.2, -0.15) is 0 Å². The third-order valence-corrected chi connectivity index (χ3v) is 4.11. The molecule has 2 N–H and O–H groups in total. The second-order valence-electron chi connectivity index (χ2n) is 6.36. The summed E-state index contributed by atoms with van der Waals surface area (Å²) < 4.78 is 11.0. The quantitative estimate of drug-likeness (QED) is 0.781. The third kappa shape index (κ3) is 4.49. The minimum Gasteiger partial charge on any atom is -0.491 e. The highest BCUT2D eigenvalue weighted by Gasteiger charge is 2.23. The predicted molar refractivity (Wildman–Crippen MR) is 94.8 cm³/mol. The molecule has 2 aromatic carbocycles. The Bertz CT molecular complexity index is 617. The van der Waals surface area contributed by atoms with Gasteiger partial charge in [-0.15, -0.1) is 0 Å². The molecule has 0 saturated carbocycles. The van der Waals surface area contributed by atoms with Crippen LogP contribution in [0.2, 0.25) is 0 Å². The number of aliphatic hydroxyl groups is 2. The number of rotatable bonds is 8. The predicted octanol–water partition coefficient (Wildman–Crippen LogP) is 3.14. The van der Waals surface area contributed by atoms with Gasteiger partial charge >= 0.3 is 0 Å². The van der Waals surface area contributed by atoms with Crippen LogP contribution in [0.1, 0.15) is 31.9 Å². The van der Waals surface area contributed by atoms with Gasteiger partial charge in [0, 0.05) is 5.41 Å². The average Bonchev–Trinajstić information content (AvgIpc) is 2.60. The molecular weight excluding hydrogens is 304 g/mol. The SMILES string of the molecule is CC(CO)Oc1ccc(C(C)(C)c2ccc(OCCO)cc2)cc1. The maximum Gasteiger partial charge on any atom is 0.119 e. The molecule has 0 spiro atoms. The van der Waals surface area contributed by atoms with E-state index in [-0.39, 0.29) is 24.7 Å². The van der Waals surface area contributed by atoms with Crippen molar-refractivity contribution in [2.45, 2.75) is 32.3 Å². The summed E-state index contributed by atoms with van der Waals surface area (Å²) in [5, 5.41) is 17.9. The molecule has 0 saturated heterocycles. The Kier molecular flexibility index (Phi) is 6.23. The van der Waals surface area contributed by atoms with Crippen molar-refractivity contribution in [3.05, 3.63) is 59.7 Å². The van der Waals surface area contributed by atoms with Crippen LogP contribution >= 0.6 is 0 Å². The molecule has 0 aromatic heterocycles. The van der Waals surface area contributed by atoms with Gasteiger partial charge < -0.3 is 19.7 Å². The van der Waals surface area contributed by atoms with E-state index in [0.717, 1.165) is 11.5 Å². The summed E-state index contributed by atoms with van der Waals surface area (Å²) in [5.41, 5.74) is 2.20. The minimum absolute atomic E-state index is 0.00204. The Hall–Kier alpha value is -2.04. The zero-order chi connectivity index (χ0) is 17.6. The molecule has 24 heavy (non-hydrogen) atoms. The maximum atomic E-state index is 9.06. The van der Waals surface area contributed by atoms with Gasteiger partial charge in [0.15, 0.2) is 0 Å². The van der Waals surface area contributed by atoms with Gasteiger partial charge in [-0.25, -0.2) is 0 Å².